The topological polar surface area (TPSA) is 9.86 Å². The highest BCUT2D eigenvalue weighted by molar-refractivity contribution is 8.00. The summed E-state index contributed by atoms with van der Waals surface area (Å²) in [5, 5.41) is 9.05. The molecule has 12 rings (SSSR count). The van der Waals surface area contributed by atoms with Crippen molar-refractivity contribution in [2.24, 2.45) is 0 Å². The van der Waals surface area contributed by atoms with Crippen LogP contribution in [-0.2, 0) is 0 Å². The van der Waals surface area contributed by atoms with E-state index in [0.717, 1.165) is 5.69 Å². The highest BCUT2D eigenvalue weighted by Crippen LogP contribution is 2.54. The van der Waals surface area contributed by atoms with E-state index >= 15 is 0 Å². The molecule has 1 aliphatic heterocycles. The number of fused-ring (bicyclic) bond motifs is 11. The monoisotopic (exact) mass is 696 g/mol. The van der Waals surface area contributed by atoms with Crippen LogP contribution >= 0.6 is 23.1 Å². The van der Waals surface area contributed by atoms with Gasteiger partial charge in [0.15, 0.2) is 0 Å². The van der Waals surface area contributed by atoms with Crippen molar-refractivity contribution in [1.82, 2.24) is 9.13 Å². The largest absolute Gasteiger partial charge is 0.295 e. The first kappa shape index (κ1) is 28.6. The molecule has 0 aliphatic carbocycles. The standard InChI is InChI=1S/C48H28N2S2/c1-2-14-32(15-3-1)49-38-21-8-17-33(31-27-26-29-12-4-5-13-30(29)28-31)44(38)45-37-20-11-25-42-46(37)50(48(45)49)39-22-9-19-35(47(39)52-42)34-18-10-24-41-43(34)36-16-6-7-23-40(36)51-41/h1-28H. The third kappa shape index (κ3) is 3.85. The van der Waals surface area contributed by atoms with Gasteiger partial charge < -0.3 is 0 Å². The Bertz CT molecular complexity index is 3270. The molecule has 8 aromatic carbocycles. The minimum Gasteiger partial charge on any atom is -0.295 e. The van der Waals surface area contributed by atoms with E-state index < -0.39 is 0 Å². The van der Waals surface area contributed by atoms with Crippen LogP contribution in [0.3, 0.4) is 0 Å². The molecule has 1 aliphatic rings. The van der Waals surface area contributed by atoms with Crippen LogP contribution in [0.2, 0.25) is 0 Å². The lowest BCUT2D eigenvalue weighted by Gasteiger charge is -2.24. The van der Waals surface area contributed by atoms with E-state index in [4.69, 9.17) is 0 Å². The molecule has 0 amide bonds. The lowest BCUT2D eigenvalue weighted by atomic mass is 9.97. The number of hydrogen-bond donors (Lipinski definition) is 0. The van der Waals surface area contributed by atoms with Gasteiger partial charge in [0.05, 0.1) is 16.7 Å². The zero-order valence-corrected chi connectivity index (χ0v) is 29.5. The molecule has 0 saturated heterocycles. The van der Waals surface area contributed by atoms with Crippen LogP contribution in [0.4, 0.5) is 0 Å². The van der Waals surface area contributed by atoms with Crippen LogP contribution in [0.5, 0.6) is 0 Å². The van der Waals surface area contributed by atoms with Crippen molar-refractivity contribution in [1.29, 1.82) is 0 Å². The Balaban J connectivity index is 1.22. The second-order valence-electron chi connectivity index (χ2n) is 13.7. The van der Waals surface area contributed by atoms with Crippen molar-refractivity contribution < 1.29 is 0 Å². The Morgan fingerprint density at radius 1 is 0.442 bits per heavy atom. The first-order valence-corrected chi connectivity index (χ1v) is 19.3. The van der Waals surface area contributed by atoms with Gasteiger partial charge in [0.1, 0.15) is 5.65 Å². The Hall–Kier alpha value is -6.07. The van der Waals surface area contributed by atoms with Gasteiger partial charge >= 0.3 is 0 Å². The highest BCUT2D eigenvalue weighted by Gasteiger charge is 2.30. The number of nitrogens with zero attached hydrogens (tertiary/aromatic N) is 2. The molecule has 0 bridgehead atoms. The molecule has 0 saturated carbocycles. The van der Waals surface area contributed by atoms with Crippen LogP contribution in [-0.4, -0.2) is 9.13 Å². The van der Waals surface area contributed by atoms with Crippen LogP contribution in [0.1, 0.15) is 0 Å². The molecule has 0 atom stereocenters. The summed E-state index contributed by atoms with van der Waals surface area (Å²) in [4.78, 5) is 2.58. The second-order valence-corrected chi connectivity index (χ2v) is 15.8. The summed E-state index contributed by atoms with van der Waals surface area (Å²) in [5.74, 6) is 0. The predicted molar refractivity (Wildman–Crippen MR) is 223 cm³/mol. The predicted octanol–water partition coefficient (Wildman–Crippen LogP) is 14.0. The van der Waals surface area contributed by atoms with Crippen LogP contribution in [0, 0.1) is 0 Å². The van der Waals surface area contributed by atoms with Crippen molar-refractivity contribution >= 4 is 86.9 Å². The fourth-order valence-corrected chi connectivity index (χ4v) is 11.1. The third-order valence-corrected chi connectivity index (χ3v) is 13.2. The average molecular weight is 697 g/mol. The Morgan fingerprint density at radius 2 is 1.17 bits per heavy atom. The lowest BCUT2D eigenvalue weighted by molar-refractivity contribution is 1.03. The summed E-state index contributed by atoms with van der Waals surface area (Å²) in [6.45, 7) is 0. The minimum absolute atomic E-state index is 1.16. The summed E-state index contributed by atoms with van der Waals surface area (Å²) >= 11 is 3.80. The van der Waals surface area contributed by atoms with Crippen LogP contribution in [0.25, 0.3) is 97.4 Å². The molecular weight excluding hydrogens is 669 g/mol. The van der Waals surface area contributed by atoms with Crippen molar-refractivity contribution in [2.45, 2.75) is 9.79 Å². The summed E-state index contributed by atoms with van der Waals surface area (Å²) in [6, 6.07) is 62.7. The molecule has 3 aromatic heterocycles. The van der Waals surface area contributed by atoms with Gasteiger partial charge in [0, 0.05) is 51.8 Å². The maximum absolute atomic E-state index is 2.57. The maximum Gasteiger partial charge on any atom is 0.131 e. The van der Waals surface area contributed by atoms with Gasteiger partial charge in [-0.25, -0.2) is 0 Å². The van der Waals surface area contributed by atoms with Crippen molar-refractivity contribution in [3.63, 3.8) is 0 Å². The first-order chi connectivity index (χ1) is 25.8. The van der Waals surface area contributed by atoms with E-state index in [2.05, 4.69) is 179 Å². The third-order valence-electron chi connectivity index (χ3n) is 10.9. The van der Waals surface area contributed by atoms with Gasteiger partial charge in [-0.1, -0.05) is 133 Å². The quantitative estimate of drug-likeness (QED) is 0.179. The molecule has 0 spiro atoms. The van der Waals surface area contributed by atoms with Gasteiger partial charge in [-0.15, -0.1) is 11.3 Å². The molecule has 0 unspecified atom stereocenters. The van der Waals surface area contributed by atoms with Gasteiger partial charge in [0.25, 0.3) is 0 Å². The molecule has 4 heterocycles. The van der Waals surface area contributed by atoms with Crippen molar-refractivity contribution in [2.75, 3.05) is 0 Å². The van der Waals surface area contributed by atoms with Gasteiger partial charge in [-0.2, -0.15) is 0 Å². The lowest BCUT2D eigenvalue weighted by Crippen LogP contribution is -2.06. The van der Waals surface area contributed by atoms with E-state index in [1.807, 2.05) is 23.1 Å². The van der Waals surface area contributed by atoms with E-state index in [-0.39, 0.29) is 0 Å². The maximum atomic E-state index is 2.57. The first-order valence-electron chi connectivity index (χ1n) is 17.7. The van der Waals surface area contributed by atoms with E-state index in [1.54, 1.807) is 0 Å². The van der Waals surface area contributed by atoms with Crippen LogP contribution < -0.4 is 0 Å². The van der Waals surface area contributed by atoms with E-state index in [9.17, 15) is 0 Å². The number of para-hydroxylation sites is 2. The van der Waals surface area contributed by atoms with Crippen molar-refractivity contribution in [3.05, 3.63) is 170 Å². The highest BCUT2D eigenvalue weighted by atomic mass is 32.2. The number of thiophene rings is 1. The normalized spacial score (nSPS) is 12.5. The number of rotatable bonds is 3. The Kier molecular flexibility index (Phi) is 5.90. The number of aromatic nitrogens is 2. The second kappa shape index (κ2) is 10.7. The molecule has 0 fully saturated rings. The molecule has 242 valence electrons. The number of benzene rings is 8. The SMILES string of the molecule is c1ccc(-n2c3cccc(-c4ccc5ccccc5c4)c3c3c4cccc5c4n(c32)-c2cccc(-c3cccc4sc6ccccc6c34)c2S5)cc1. The molecule has 52 heavy (non-hydrogen) atoms. The van der Waals surface area contributed by atoms with E-state index in [1.165, 1.54) is 102 Å². The Labute approximate surface area is 307 Å². The zero-order valence-electron chi connectivity index (χ0n) is 27.9. The summed E-state index contributed by atoms with van der Waals surface area (Å²) < 4.78 is 7.72. The van der Waals surface area contributed by atoms with Gasteiger partial charge in [0.2, 0.25) is 0 Å². The van der Waals surface area contributed by atoms with Gasteiger partial charge in [-0.3, -0.25) is 9.13 Å². The number of hydrogen-bond acceptors (Lipinski definition) is 2. The summed E-state index contributed by atoms with van der Waals surface area (Å²) in [7, 11) is 0. The fraction of sp³-hybridized carbons (Fsp3) is 0. The van der Waals surface area contributed by atoms with Gasteiger partial charge in [-0.05, 0) is 81.6 Å². The smallest absolute Gasteiger partial charge is 0.131 e. The molecule has 4 heteroatoms. The average Bonchev–Trinajstić information content (AvgIpc) is 3.87. The molecule has 0 radical (unpaired) electrons. The summed E-state index contributed by atoms with van der Waals surface area (Å²) in [6.07, 6.45) is 0. The fourth-order valence-electron chi connectivity index (χ4n) is 8.74. The summed E-state index contributed by atoms with van der Waals surface area (Å²) in [5.41, 5.74) is 11.1. The van der Waals surface area contributed by atoms with Crippen LogP contribution in [0.15, 0.2) is 180 Å². The molecule has 0 N–H and O–H groups in total. The van der Waals surface area contributed by atoms with Crippen molar-refractivity contribution in [3.8, 4) is 33.6 Å². The minimum atomic E-state index is 1.16. The molecular formula is C48H28N2S2. The molecule has 2 nitrogen and oxygen atoms in total. The zero-order chi connectivity index (χ0) is 33.9. The Morgan fingerprint density at radius 3 is 2.12 bits per heavy atom. The molecule has 11 aromatic rings. The van der Waals surface area contributed by atoms with E-state index in [0.29, 0.717) is 0 Å².